The summed E-state index contributed by atoms with van der Waals surface area (Å²) in [7, 11) is 1.44. The highest BCUT2D eigenvalue weighted by Gasteiger charge is 2.25. The van der Waals surface area contributed by atoms with Crippen molar-refractivity contribution in [3.63, 3.8) is 0 Å². The van der Waals surface area contributed by atoms with E-state index in [-0.39, 0.29) is 30.2 Å². The number of benzene rings is 2. The van der Waals surface area contributed by atoms with Gasteiger partial charge in [0.05, 0.1) is 0 Å². The molecule has 3 amide bonds. The molecule has 0 spiro atoms. The molecule has 0 bridgehead atoms. The highest BCUT2D eigenvalue weighted by Crippen LogP contribution is 2.16. The molecule has 1 atom stereocenters. The van der Waals surface area contributed by atoms with E-state index in [9.17, 15) is 14.4 Å². The maximum absolute atomic E-state index is 12.8. The first-order valence-electron chi connectivity index (χ1n) is 9.37. The topological polar surface area (TPSA) is 96.5 Å². The van der Waals surface area contributed by atoms with Crippen LogP contribution in [-0.4, -0.2) is 37.5 Å². The van der Waals surface area contributed by atoms with E-state index in [1.54, 1.807) is 42.5 Å². The van der Waals surface area contributed by atoms with Gasteiger partial charge in [-0.05, 0) is 43.2 Å². The van der Waals surface area contributed by atoms with Gasteiger partial charge in [0.15, 0.2) is 0 Å². The molecule has 0 aliphatic carbocycles. The van der Waals surface area contributed by atoms with Crippen molar-refractivity contribution < 1.29 is 19.1 Å². The van der Waals surface area contributed by atoms with Gasteiger partial charge >= 0.3 is 0 Å². The van der Waals surface area contributed by atoms with Crippen molar-refractivity contribution in [2.24, 2.45) is 5.92 Å². The molecule has 1 unspecified atom stereocenters. The van der Waals surface area contributed by atoms with E-state index in [2.05, 4.69) is 16.0 Å². The van der Waals surface area contributed by atoms with Gasteiger partial charge in [-0.1, -0.05) is 37.6 Å². The van der Waals surface area contributed by atoms with Crippen molar-refractivity contribution in [1.82, 2.24) is 5.32 Å². The number of hydrogen-bond acceptors (Lipinski definition) is 4. The summed E-state index contributed by atoms with van der Waals surface area (Å²) in [5, 5.41) is 8.29. The Morgan fingerprint density at radius 3 is 2.24 bits per heavy atom. The molecule has 0 fully saturated rings. The Morgan fingerprint density at radius 2 is 1.62 bits per heavy atom. The maximum Gasteiger partial charge on any atom is 0.251 e. The first kappa shape index (κ1) is 22.1. The summed E-state index contributed by atoms with van der Waals surface area (Å²) in [6.07, 6.45) is 0. The minimum atomic E-state index is -0.713. The van der Waals surface area contributed by atoms with Crippen LogP contribution in [0, 0.1) is 12.8 Å². The van der Waals surface area contributed by atoms with Crippen molar-refractivity contribution in [1.29, 1.82) is 0 Å². The number of amides is 3. The summed E-state index contributed by atoms with van der Waals surface area (Å²) in [6.45, 7) is 5.57. The SMILES string of the molecule is COCC(=O)Nc1cccc(NC(=O)C(NC(=O)c2cccc(C)c2)C(C)C)c1. The number of rotatable bonds is 8. The van der Waals surface area contributed by atoms with Crippen LogP contribution in [0.1, 0.15) is 29.8 Å². The highest BCUT2D eigenvalue weighted by atomic mass is 16.5. The molecular formula is C22H27N3O4. The van der Waals surface area contributed by atoms with Gasteiger partial charge < -0.3 is 20.7 Å². The molecule has 3 N–H and O–H groups in total. The van der Waals surface area contributed by atoms with Gasteiger partial charge in [-0.15, -0.1) is 0 Å². The van der Waals surface area contributed by atoms with Gasteiger partial charge in [0.25, 0.3) is 5.91 Å². The number of anilines is 2. The van der Waals surface area contributed by atoms with Gasteiger partial charge in [0, 0.05) is 24.0 Å². The molecule has 2 aromatic carbocycles. The zero-order valence-corrected chi connectivity index (χ0v) is 17.1. The van der Waals surface area contributed by atoms with Crippen LogP contribution in [-0.2, 0) is 14.3 Å². The summed E-state index contributed by atoms with van der Waals surface area (Å²) < 4.78 is 4.79. The van der Waals surface area contributed by atoms with Gasteiger partial charge in [-0.25, -0.2) is 0 Å². The van der Waals surface area contributed by atoms with Crippen molar-refractivity contribution in [2.45, 2.75) is 26.8 Å². The van der Waals surface area contributed by atoms with E-state index in [1.165, 1.54) is 7.11 Å². The minimum Gasteiger partial charge on any atom is -0.375 e. The molecule has 7 nitrogen and oxygen atoms in total. The average molecular weight is 397 g/mol. The zero-order valence-electron chi connectivity index (χ0n) is 17.1. The fraction of sp³-hybridized carbons (Fsp3) is 0.318. The second kappa shape index (κ2) is 10.4. The molecule has 29 heavy (non-hydrogen) atoms. The molecule has 7 heteroatoms. The molecule has 0 aliphatic heterocycles. The second-order valence-corrected chi connectivity index (χ2v) is 7.12. The minimum absolute atomic E-state index is 0.0585. The lowest BCUT2D eigenvalue weighted by molar-refractivity contribution is -0.120. The summed E-state index contributed by atoms with van der Waals surface area (Å²) in [5.41, 5.74) is 2.53. The quantitative estimate of drug-likeness (QED) is 0.638. The molecule has 0 saturated heterocycles. The summed E-state index contributed by atoms with van der Waals surface area (Å²) in [4.78, 5) is 37.0. The molecule has 0 aliphatic rings. The number of carbonyl (C=O) groups excluding carboxylic acids is 3. The van der Waals surface area contributed by atoms with Crippen molar-refractivity contribution in [3.05, 3.63) is 59.7 Å². The Balaban J connectivity index is 2.08. The summed E-state index contributed by atoms with van der Waals surface area (Å²) >= 11 is 0. The number of methoxy groups -OCH3 is 1. The van der Waals surface area contributed by atoms with Crippen LogP contribution in [0.5, 0.6) is 0 Å². The predicted octanol–water partition coefficient (Wildman–Crippen LogP) is 2.97. The third-order valence-electron chi connectivity index (χ3n) is 4.21. The van der Waals surface area contributed by atoms with Crippen LogP contribution in [0.3, 0.4) is 0 Å². The van der Waals surface area contributed by atoms with Crippen LogP contribution < -0.4 is 16.0 Å². The molecule has 0 heterocycles. The molecule has 0 radical (unpaired) electrons. The third-order valence-corrected chi connectivity index (χ3v) is 4.21. The Bertz CT molecular complexity index is 880. The van der Waals surface area contributed by atoms with Gasteiger partial charge in [-0.2, -0.15) is 0 Å². The standard InChI is InChI=1S/C22H27N3O4/c1-14(2)20(25-21(27)16-8-5-7-15(3)11-16)22(28)24-18-10-6-9-17(12-18)23-19(26)13-29-4/h5-12,14,20H,13H2,1-4H3,(H,23,26)(H,24,28)(H,25,27). The van der Waals surface area contributed by atoms with Crippen LogP contribution in [0.25, 0.3) is 0 Å². The van der Waals surface area contributed by atoms with E-state index in [4.69, 9.17) is 4.74 Å². The fourth-order valence-electron chi connectivity index (χ4n) is 2.77. The molecule has 0 saturated carbocycles. The van der Waals surface area contributed by atoms with Crippen LogP contribution >= 0.6 is 0 Å². The molecule has 2 aromatic rings. The molecular weight excluding hydrogens is 370 g/mol. The number of carbonyl (C=O) groups is 3. The first-order chi connectivity index (χ1) is 13.8. The van der Waals surface area contributed by atoms with Gasteiger partial charge in [0.1, 0.15) is 12.6 Å². The van der Waals surface area contributed by atoms with E-state index in [0.29, 0.717) is 16.9 Å². The number of hydrogen-bond donors (Lipinski definition) is 3. The molecule has 0 aromatic heterocycles. The first-order valence-corrected chi connectivity index (χ1v) is 9.37. The largest absolute Gasteiger partial charge is 0.375 e. The average Bonchev–Trinajstić information content (AvgIpc) is 2.66. The summed E-state index contributed by atoms with van der Waals surface area (Å²) in [5.74, 6) is -1.04. The zero-order chi connectivity index (χ0) is 21.4. The van der Waals surface area contributed by atoms with Crippen LogP contribution in [0.2, 0.25) is 0 Å². The lowest BCUT2D eigenvalue weighted by Crippen LogP contribution is -2.47. The Hall–Kier alpha value is -3.19. The fourth-order valence-corrected chi connectivity index (χ4v) is 2.77. The van der Waals surface area contributed by atoms with Crippen molar-refractivity contribution in [3.8, 4) is 0 Å². The second-order valence-electron chi connectivity index (χ2n) is 7.12. The van der Waals surface area contributed by atoms with Gasteiger partial charge in [-0.3, -0.25) is 14.4 Å². The number of nitrogens with one attached hydrogen (secondary N) is 3. The predicted molar refractivity (Wildman–Crippen MR) is 113 cm³/mol. The lowest BCUT2D eigenvalue weighted by Gasteiger charge is -2.22. The number of ether oxygens (including phenoxy) is 1. The Morgan fingerprint density at radius 1 is 0.966 bits per heavy atom. The van der Waals surface area contributed by atoms with E-state index in [0.717, 1.165) is 5.56 Å². The monoisotopic (exact) mass is 397 g/mol. The van der Waals surface area contributed by atoms with Crippen LogP contribution in [0.4, 0.5) is 11.4 Å². The maximum atomic E-state index is 12.8. The van der Waals surface area contributed by atoms with Crippen molar-refractivity contribution >= 4 is 29.1 Å². The smallest absolute Gasteiger partial charge is 0.251 e. The van der Waals surface area contributed by atoms with E-state index >= 15 is 0 Å². The lowest BCUT2D eigenvalue weighted by atomic mass is 10.0. The van der Waals surface area contributed by atoms with Crippen molar-refractivity contribution in [2.75, 3.05) is 24.4 Å². The Labute approximate surface area is 170 Å². The van der Waals surface area contributed by atoms with E-state index in [1.807, 2.05) is 26.8 Å². The van der Waals surface area contributed by atoms with Crippen LogP contribution in [0.15, 0.2) is 48.5 Å². The number of aryl methyl sites for hydroxylation is 1. The molecule has 154 valence electrons. The third kappa shape index (κ3) is 6.73. The summed E-state index contributed by atoms with van der Waals surface area (Å²) in [6, 6.07) is 13.3. The normalized spacial score (nSPS) is 11.6. The molecule has 2 rings (SSSR count). The Kier molecular flexibility index (Phi) is 7.91. The van der Waals surface area contributed by atoms with Gasteiger partial charge in [0.2, 0.25) is 11.8 Å². The van der Waals surface area contributed by atoms with E-state index < -0.39 is 6.04 Å². The highest BCUT2D eigenvalue weighted by molar-refractivity contribution is 6.01.